The fourth-order valence-corrected chi connectivity index (χ4v) is 3.30. The summed E-state index contributed by atoms with van der Waals surface area (Å²) in [6.07, 6.45) is -5.76. The zero-order valence-corrected chi connectivity index (χ0v) is 17.2. The Morgan fingerprint density at radius 3 is 2.56 bits per heavy atom. The van der Waals surface area contributed by atoms with Gasteiger partial charge in [0.2, 0.25) is 23.7 Å². The van der Waals surface area contributed by atoms with E-state index in [1.165, 1.54) is 6.07 Å². The summed E-state index contributed by atoms with van der Waals surface area (Å²) < 4.78 is 12.3. The lowest BCUT2D eigenvalue weighted by Gasteiger charge is -2.27. The summed E-state index contributed by atoms with van der Waals surface area (Å²) >= 11 is 0. The van der Waals surface area contributed by atoms with Crippen LogP contribution in [-0.2, 0) is 14.3 Å². The SMILES string of the molecule is CC(C)n1nc(O[C@@H]2O[C@H](O)C(=O)[C@H](O)C2=O)c2c(C#Cc3cccc(O)c3)cccc21. The molecule has 2 heterocycles. The lowest BCUT2D eigenvalue weighted by atomic mass is 10.1. The summed E-state index contributed by atoms with van der Waals surface area (Å²) in [7, 11) is 0. The number of hydrogen-bond donors (Lipinski definition) is 3. The normalized spacial score (nSPS) is 21.0. The second-order valence-corrected chi connectivity index (χ2v) is 7.49. The van der Waals surface area contributed by atoms with Crippen LogP contribution in [0.25, 0.3) is 10.9 Å². The van der Waals surface area contributed by atoms with Crippen LogP contribution < -0.4 is 4.74 Å². The fraction of sp³-hybridized carbons (Fsp3) is 0.261. The number of carbonyl (C=O) groups is 2. The van der Waals surface area contributed by atoms with Crippen LogP contribution in [0.5, 0.6) is 11.6 Å². The smallest absolute Gasteiger partial charge is 0.267 e. The average Bonchev–Trinajstić information content (AvgIpc) is 3.14. The molecule has 0 unspecified atom stereocenters. The summed E-state index contributed by atoms with van der Waals surface area (Å²) in [4.78, 5) is 23.9. The number of aliphatic hydroxyl groups excluding tert-OH is 2. The molecule has 4 rings (SSSR count). The Bertz CT molecular complexity index is 1270. The second-order valence-electron chi connectivity index (χ2n) is 7.49. The van der Waals surface area contributed by atoms with Gasteiger partial charge in [-0.05, 0) is 44.2 Å². The molecule has 0 spiro atoms. The Morgan fingerprint density at radius 2 is 1.84 bits per heavy atom. The Balaban J connectivity index is 1.79. The fourth-order valence-electron chi connectivity index (χ4n) is 3.30. The number of phenols is 1. The molecule has 32 heavy (non-hydrogen) atoms. The summed E-state index contributed by atoms with van der Waals surface area (Å²) in [5, 5.41) is 34.0. The molecule has 1 fully saturated rings. The lowest BCUT2D eigenvalue weighted by molar-refractivity contribution is -0.223. The summed E-state index contributed by atoms with van der Waals surface area (Å²) in [6, 6.07) is 11.8. The molecule has 164 valence electrons. The van der Waals surface area contributed by atoms with E-state index in [9.17, 15) is 24.9 Å². The van der Waals surface area contributed by atoms with Crippen molar-refractivity contribution in [3.63, 3.8) is 0 Å². The van der Waals surface area contributed by atoms with Gasteiger partial charge in [0, 0.05) is 17.2 Å². The monoisotopic (exact) mass is 436 g/mol. The van der Waals surface area contributed by atoms with Gasteiger partial charge >= 0.3 is 0 Å². The first kappa shape index (κ1) is 21.5. The number of ether oxygens (including phenoxy) is 2. The van der Waals surface area contributed by atoms with Gasteiger partial charge in [-0.15, -0.1) is 5.10 Å². The number of aromatic hydroxyl groups is 1. The number of rotatable bonds is 3. The molecule has 3 N–H and O–H groups in total. The third-order valence-electron chi connectivity index (χ3n) is 4.86. The molecule has 1 aliphatic heterocycles. The van der Waals surface area contributed by atoms with E-state index in [1.54, 1.807) is 35.0 Å². The van der Waals surface area contributed by atoms with Gasteiger partial charge in [0.1, 0.15) is 5.75 Å². The number of fused-ring (bicyclic) bond motifs is 1. The van der Waals surface area contributed by atoms with Crippen molar-refractivity contribution >= 4 is 22.5 Å². The van der Waals surface area contributed by atoms with Crippen LogP contribution >= 0.6 is 0 Å². The molecular formula is C23H20N2O7. The van der Waals surface area contributed by atoms with E-state index in [-0.39, 0.29) is 17.7 Å². The Morgan fingerprint density at radius 1 is 1.09 bits per heavy atom. The standard InChI is InChI=1S/C23H20N2O7/c1-12(2)25-16-8-4-6-14(10-9-13-5-3-7-15(26)11-13)17(16)21(24-25)31-23-20(29)18(27)19(28)22(30)32-23/h3-8,11-12,18,22-23,26-27,30H,1-2H3/t18-,22-,23+/m0/s1. The van der Waals surface area contributed by atoms with Crippen molar-refractivity contribution in [1.82, 2.24) is 9.78 Å². The van der Waals surface area contributed by atoms with Crippen molar-refractivity contribution < 1.29 is 34.4 Å². The number of phenolic OH excluding ortho intramolecular Hbond substituents is 1. The van der Waals surface area contributed by atoms with Gasteiger partial charge in [-0.25, -0.2) is 0 Å². The Labute approximate surface area is 182 Å². The number of aromatic nitrogens is 2. The molecule has 3 atom stereocenters. The molecular weight excluding hydrogens is 416 g/mol. The largest absolute Gasteiger partial charge is 0.508 e. The first-order valence-electron chi connectivity index (χ1n) is 9.84. The van der Waals surface area contributed by atoms with E-state index in [0.29, 0.717) is 22.0 Å². The minimum atomic E-state index is -2.05. The number of carbonyl (C=O) groups excluding carboxylic acids is 2. The molecule has 0 bridgehead atoms. The van der Waals surface area contributed by atoms with E-state index < -0.39 is 30.3 Å². The Hall–Kier alpha value is -3.71. The molecule has 0 radical (unpaired) electrons. The van der Waals surface area contributed by atoms with Crippen molar-refractivity contribution in [2.45, 2.75) is 38.6 Å². The number of aliphatic hydroxyl groups is 2. The van der Waals surface area contributed by atoms with Gasteiger partial charge in [-0.1, -0.05) is 24.0 Å². The van der Waals surface area contributed by atoms with Gasteiger partial charge in [0.05, 0.1) is 10.9 Å². The van der Waals surface area contributed by atoms with Gasteiger partial charge < -0.3 is 20.1 Å². The third kappa shape index (κ3) is 3.94. The van der Waals surface area contributed by atoms with Crippen LogP contribution in [0.1, 0.15) is 31.0 Å². The molecule has 1 aromatic heterocycles. The maximum Gasteiger partial charge on any atom is 0.267 e. The van der Waals surface area contributed by atoms with Crippen LogP contribution in [-0.4, -0.2) is 55.4 Å². The molecule has 0 aliphatic carbocycles. The van der Waals surface area contributed by atoms with Crippen molar-refractivity contribution in [2.75, 3.05) is 0 Å². The van der Waals surface area contributed by atoms with Crippen molar-refractivity contribution in [3.05, 3.63) is 53.6 Å². The van der Waals surface area contributed by atoms with Crippen LogP contribution in [0.4, 0.5) is 0 Å². The molecule has 0 saturated carbocycles. The lowest BCUT2D eigenvalue weighted by Crippen LogP contribution is -2.54. The Kier molecular flexibility index (Phi) is 5.67. The summed E-state index contributed by atoms with van der Waals surface area (Å²) in [5.74, 6) is 3.90. The van der Waals surface area contributed by atoms with Crippen molar-refractivity contribution in [2.24, 2.45) is 0 Å². The molecule has 1 aliphatic rings. The topological polar surface area (TPSA) is 131 Å². The van der Waals surface area contributed by atoms with Crippen molar-refractivity contribution in [1.29, 1.82) is 0 Å². The van der Waals surface area contributed by atoms with Crippen LogP contribution in [0.3, 0.4) is 0 Å². The average molecular weight is 436 g/mol. The van der Waals surface area contributed by atoms with Gasteiger partial charge in [0.15, 0.2) is 6.10 Å². The number of Topliss-reactive ketones (excluding diaryl/α,β-unsaturated/α-hetero) is 2. The van der Waals surface area contributed by atoms with E-state index >= 15 is 0 Å². The molecule has 9 nitrogen and oxygen atoms in total. The van der Waals surface area contributed by atoms with Gasteiger partial charge in [0.25, 0.3) is 6.29 Å². The van der Waals surface area contributed by atoms with Crippen LogP contribution in [0, 0.1) is 11.8 Å². The quantitative estimate of drug-likeness (QED) is 0.413. The molecule has 3 aromatic rings. The number of nitrogens with zero attached hydrogens (tertiary/aromatic N) is 2. The molecule has 1 saturated heterocycles. The maximum atomic E-state index is 12.3. The number of ketones is 2. The maximum absolute atomic E-state index is 12.3. The highest BCUT2D eigenvalue weighted by atomic mass is 16.7. The van der Waals surface area contributed by atoms with E-state index in [0.717, 1.165) is 0 Å². The predicted molar refractivity (Wildman–Crippen MR) is 112 cm³/mol. The zero-order chi connectivity index (χ0) is 23.0. The highest BCUT2D eigenvalue weighted by Crippen LogP contribution is 2.32. The van der Waals surface area contributed by atoms with Gasteiger partial charge in [-0.2, -0.15) is 0 Å². The molecule has 0 amide bonds. The summed E-state index contributed by atoms with van der Waals surface area (Å²) in [6.45, 7) is 3.82. The van der Waals surface area contributed by atoms with Crippen LogP contribution in [0.2, 0.25) is 0 Å². The molecule has 9 heteroatoms. The van der Waals surface area contributed by atoms with Crippen LogP contribution in [0.15, 0.2) is 42.5 Å². The van der Waals surface area contributed by atoms with E-state index in [2.05, 4.69) is 16.9 Å². The third-order valence-corrected chi connectivity index (χ3v) is 4.86. The first-order valence-corrected chi connectivity index (χ1v) is 9.84. The zero-order valence-electron chi connectivity index (χ0n) is 17.2. The first-order chi connectivity index (χ1) is 15.3. The predicted octanol–water partition coefficient (Wildman–Crippen LogP) is 1.28. The minimum Gasteiger partial charge on any atom is -0.508 e. The highest BCUT2D eigenvalue weighted by molar-refractivity contribution is 6.09. The number of benzene rings is 2. The van der Waals surface area contributed by atoms with Gasteiger partial charge in [-0.3, -0.25) is 19.0 Å². The summed E-state index contributed by atoms with van der Waals surface area (Å²) in [5.41, 5.74) is 1.81. The highest BCUT2D eigenvalue weighted by Gasteiger charge is 2.44. The second kappa shape index (κ2) is 8.43. The van der Waals surface area contributed by atoms with Crippen molar-refractivity contribution in [3.8, 4) is 23.5 Å². The number of hydrogen-bond acceptors (Lipinski definition) is 8. The van der Waals surface area contributed by atoms with E-state index in [4.69, 9.17) is 9.47 Å². The minimum absolute atomic E-state index is 0.00149. The molecule has 2 aromatic carbocycles. The van der Waals surface area contributed by atoms with E-state index in [1.807, 2.05) is 19.9 Å².